The first-order chi connectivity index (χ1) is 6.68. The lowest BCUT2D eigenvalue weighted by Crippen LogP contribution is -2.22. The van der Waals surface area contributed by atoms with Crippen molar-refractivity contribution in [1.29, 1.82) is 0 Å². The maximum atomic E-state index is 9.44. The van der Waals surface area contributed by atoms with Gasteiger partial charge < -0.3 is 10.0 Å². The van der Waals surface area contributed by atoms with Gasteiger partial charge in [0.05, 0.1) is 10.6 Å². The third-order valence-corrected chi connectivity index (χ3v) is 3.51. The van der Waals surface area contributed by atoms with E-state index in [9.17, 15) is 5.11 Å². The molecular weight excluding hydrogens is 244 g/mol. The molecule has 1 aliphatic rings. The summed E-state index contributed by atoms with van der Waals surface area (Å²) in [6.45, 7) is 3.62. The van der Waals surface area contributed by atoms with Gasteiger partial charge in [-0.2, -0.15) is 0 Å². The lowest BCUT2D eigenvalue weighted by atomic mass is 10.3. The van der Waals surface area contributed by atoms with Crippen LogP contribution in [0.5, 0.6) is 0 Å². The Balaban J connectivity index is 2.28. The van der Waals surface area contributed by atoms with Gasteiger partial charge in [-0.25, -0.2) is 4.98 Å². The zero-order valence-corrected chi connectivity index (χ0v) is 9.66. The number of rotatable bonds is 1. The summed E-state index contributed by atoms with van der Waals surface area (Å²) in [6, 6.07) is 1.97. The summed E-state index contributed by atoms with van der Waals surface area (Å²) in [7, 11) is 0. The third kappa shape index (κ3) is 1.77. The summed E-state index contributed by atoms with van der Waals surface area (Å²) in [6.07, 6.45) is 2.44. The van der Waals surface area contributed by atoms with Crippen molar-refractivity contribution in [3.05, 3.63) is 22.3 Å². The zero-order valence-electron chi connectivity index (χ0n) is 8.07. The molecule has 0 saturated carbocycles. The van der Waals surface area contributed by atoms with Gasteiger partial charge in [0.1, 0.15) is 5.82 Å². The van der Waals surface area contributed by atoms with Crippen molar-refractivity contribution in [2.24, 2.45) is 0 Å². The van der Waals surface area contributed by atoms with Crippen LogP contribution in [0.25, 0.3) is 0 Å². The fourth-order valence-electron chi connectivity index (χ4n) is 1.68. The second kappa shape index (κ2) is 3.87. The van der Waals surface area contributed by atoms with Gasteiger partial charge in [0.25, 0.3) is 0 Å². The number of anilines is 1. The summed E-state index contributed by atoms with van der Waals surface area (Å²) in [5.74, 6) is 0.946. The van der Waals surface area contributed by atoms with E-state index in [1.807, 2.05) is 13.0 Å². The van der Waals surface area contributed by atoms with Crippen molar-refractivity contribution < 1.29 is 5.11 Å². The zero-order chi connectivity index (χ0) is 10.1. The SMILES string of the molecule is Cc1ccnc(N2CC[C@H](O)C2)c1Br. The van der Waals surface area contributed by atoms with Gasteiger partial charge in [-0.1, -0.05) is 0 Å². The molecule has 0 spiro atoms. The van der Waals surface area contributed by atoms with Crippen LogP contribution in [0.2, 0.25) is 0 Å². The maximum Gasteiger partial charge on any atom is 0.143 e. The summed E-state index contributed by atoms with van der Waals surface area (Å²) >= 11 is 3.52. The highest BCUT2D eigenvalue weighted by molar-refractivity contribution is 9.10. The van der Waals surface area contributed by atoms with E-state index < -0.39 is 0 Å². The Morgan fingerprint density at radius 3 is 3.07 bits per heavy atom. The van der Waals surface area contributed by atoms with Gasteiger partial charge in [0, 0.05) is 19.3 Å². The van der Waals surface area contributed by atoms with Crippen LogP contribution < -0.4 is 4.90 Å². The van der Waals surface area contributed by atoms with Gasteiger partial charge in [-0.05, 0) is 40.9 Å². The summed E-state index contributed by atoms with van der Waals surface area (Å²) in [5, 5.41) is 9.44. The molecule has 0 radical (unpaired) electrons. The standard InChI is InChI=1S/C10H13BrN2O/c1-7-2-4-12-10(9(7)11)13-5-3-8(14)6-13/h2,4,8,14H,3,5-6H2,1H3/t8-/m0/s1. The van der Waals surface area contributed by atoms with E-state index >= 15 is 0 Å². The quantitative estimate of drug-likeness (QED) is 0.832. The van der Waals surface area contributed by atoms with E-state index in [-0.39, 0.29) is 6.10 Å². The normalized spacial score (nSPS) is 21.6. The highest BCUT2D eigenvalue weighted by atomic mass is 79.9. The topological polar surface area (TPSA) is 36.4 Å². The van der Waals surface area contributed by atoms with Gasteiger partial charge in [-0.3, -0.25) is 0 Å². The van der Waals surface area contributed by atoms with Crippen molar-refractivity contribution in [3.8, 4) is 0 Å². The molecule has 2 heterocycles. The minimum absolute atomic E-state index is 0.204. The molecule has 1 aromatic rings. The fourth-order valence-corrected chi connectivity index (χ4v) is 2.17. The van der Waals surface area contributed by atoms with Crippen LogP contribution in [-0.2, 0) is 0 Å². The molecule has 0 aromatic carbocycles. The summed E-state index contributed by atoms with van der Waals surface area (Å²) in [5.41, 5.74) is 1.18. The molecule has 2 rings (SSSR count). The molecule has 0 unspecified atom stereocenters. The fraction of sp³-hybridized carbons (Fsp3) is 0.500. The first-order valence-corrected chi connectivity index (χ1v) is 5.52. The van der Waals surface area contributed by atoms with Crippen LogP contribution in [0.15, 0.2) is 16.7 Å². The number of aromatic nitrogens is 1. The second-order valence-corrected chi connectivity index (χ2v) is 4.45. The summed E-state index contributed by atoms with van der Waals surface area (Å²) < 4.78 is 1.04. The Labute approximate surface area is 91.9 Å². The number of aliphatic hydroxyl groups is 1. The van der Waals surface area contributed by atoms with Crippen molar-refractivity contribution in [2.75, 3.05) is 18.0 Å². The largest absolute Gasteiger partial charge is 0.391 e. The Kier molecular flexibility index (Phi) is 2.74. The van der Waals surface area contributed by atoms with E-state index in [2.05, 4.69) is 25.8 Å². The molecule has 1 aliphatic heterocycles. The Morgan fingerprint density at radius 1 is 1.64 bits per heavy atom. The Bertz CT molecular complexity index is 343. The minimum atomic E-state index is -0.204. The van der Waals surface area contributed by atoms with E-state index in [1.54, 1.807) is 6.20 Å². The number of aryl methyl sites for hydroxylation is 1. The number of aliphatic hydroxyl groups excluding tert-OH is 1. The smallest absolute Gasteiger partial charge is 0.143 e. The first kappa shape index (κ1) is 9.93. The molecule has 14 heavy (non-hydrogen) atoms. The number of hydrogen-bond donors (Lipinski definition) is 1. The molecule has 1 atom stereocenters. The first-order valence-electron chi connectivity index (χ1n) is 4.72. The second-order valence-electron chi connectivity index (χ2n) is 3.65. The number of nitrogens with zero attached hydrogens (tertiary/aromatic N) is 2. The molecule has 1 saturated heterocycles. The van der Waals surface area contributed by atoms with Gasteiger partial charge in [0.15, 0.2) is 0 Å². The third-order valence-electron chi connectivity index (χ3n) is 2.53. The van der Waals surface area contributed by atoms with Crippen LogP contribution in [0, 0.1) is 6.92 Å². The molecule has 0 bridgehead atoms. The van der Waals surface area contributed by atoms with Gasteiger partial charge in [-0.15, -0.1) is 0 Å². The van der Waals surface area contributed by atoms with Gasteiger partial charge >= 0.3 is 0 Å². The molecule has 1 aromatic heterocycles. The molecule has 76 valence electrons. The number of β-amino-alcohol motifs (C(OH)–C–C–N with tert-alkyl or cyclic N) is 1. The van der Waals surface area contributed by atoms with E-state index in [1.165, 1.54) is 5.56 Å². The van der Waals surface area contributed by atoms with Gasteiger partial charge in [0.2, 0.25) is 0 Å². The number of halogens is 1. The van der Waals surface area contributed by atoms with Crippen LogP contribution in [0.4, 0.5) is 5.82 Å². The van der Waals surface area contributed by atoms with E-state index in [4.69, 9.17) is 0 Å². The molecule has 0 aliphatic carbocycles. The Hall–Kier alpha value is -0.610. The average molecular weight is 257 g/mol. The maximum absolute atomic E-state index is 9.44. The summed E-state index contributed by atoms with van der Waals surface area (Å²) in [4.78, 5) is 6.44. The van der Waals surface area contributed by atoms with Crippen LogP contribution >= 0.6 is 15.9 Å². The molecule has 1 fully saturated rings. The van der Waals surface area contributed by atoms with Crippen LogP contribution in [0.1, 0.15) is 12.0 Å². The molecule has 4 heteroatoms. The van der Waals surface area contributed by atoms with Crippen molar-refractivity contribution in [2.45, 2.75) is 19.4 Å². The predicted octanol–water partition coefficient (Wildman–Crippen LogP) is 1.72. The minimum Gasteiger partial charge on any atom is -0.391 e. The average Bonchev–Trinajstić information content (AvgIpc) is 2.57. The van der Waals surface area contributed by atoms with E-state index in [0.29, 0.717) is 6.54 Å². The highest BCUT2D eigenvalue weighted by Gasteiger charge is 2.23. The Morgan fingerprint density at radius 2 is 2.43 bits per heavy atom. The molecular formula is C10H13BrN2O. The lowest BCUT2D eigenvalue weighted by molar-refractivity contribution is 0.198. The molecule has 3 nitrogen and oxygen atoms in total. The van der Waals surface area contributed by atoms with Crippen LogP contribution in [0.3, 0.4) is 0 Å². The predicted molar refractivity (Wildman–Crippen MR) is 59.5 cm³/mol. The van der Waals surface area contributed by atoms with Crippen molar-refractivity contribution in [3.63, 3.8) is 0 Å². The van der Waals surface area contributed by atoms with Crippen LogP contribution in [-0.4, -0.2) is 29.3 Å². The number of pyridine rings is 1. The lowest BCUT2D eigenvalue weighted by Gasteiger charge is -2.18. The van der Waals surface area contributed by atoms with Crippen molar-refractivity contribution >= 4 is 21.7 Å². The highest BCUT2D eigenvalue weighted by Crippen LogP contribution is 2.29. The monoisotopic (exact) mass is 256 g/mol. The molecule has 0 amide bonds. The number of hydrogen-bond acceptors (Lipinski definition) is 3. The molecule has 1 N–H and O–H groups in total. The van der Waals surface area contributed by atoms with E-state index in [0.717, 1.165) is 23.3 Å². The van der Waals surface area contributed by atoms with Crippen molar-refractivity contribution in [1.82, 2.24) is 4.98 Å².